The Bertz CT molecular complexity index is 730. The molecule has 7 nitrogen and oxygen atoms in total. The molecule has 0 bridgehead atoms. The first-order valence-electron chi connectivity index (χ1n) is 8.67. The maximum atomic E-state index is 12.5. The number of nitrogens with one attached hydrogen (secondary N) is 1. The Labute approximate surface area is 147 Å². The maximum Gasteiger partial charge on any atom is 0.274 e. The molecule has 0 saturated heterocycles. The molecule has 0 radical (unpaired) electrons. The van der Waals surface area contributed by atoms with Gasteiger partial charge >= 0.3 is 0 Å². The van der Waals surface area contributed by atoms with Gasteiger partial charge in [-0.2, -0.15) is 5.10 Å². The third kappa shape index (κ3) is 4.10. The van der Waals surface area contributed by atoms with Crippen molar-refractivity contribution in [2.24, 2.45) is 13.0 Å². The molecule has 7 heteroatoms. The topological polar surface area (TPSA) is 80.4 Å². The van der Waals surface area contributed by atoms with Gasteiger partial charge in [0.1, 0.15) is 11.6 Å². The third-order valence-corrected chi connectivity index (χ3v) is 4.65. The van der Waals surface area contributed by atoms with Gasteiger partial charge in [0, 0.05) is 26.1 Å². The minimum atomic E-state index is -0.217. The molecule has 0 spiro atoms. The fraction of sp³-hybridized carbons (Fsp3) is 0.500. The normalized spacial score (nSPS) is 15.1. The Balaban J connectivity index is 1.64. The summed E-state index contributed by atoms with van der Waals surface area (Å²) in [6.07, 6.45) is 6.85. The average Bonchev–Trinajstić information content (AvgIpc) is 3.25. The predicted octanol–water partition coefficient (Wildman–Crippen LogP) is 2.80. The van der Waals surface area contributed by atoms with E-state index in [4.69, 9.17) is 4.42 Å². The van der Waals surface area contributed by atoms with Crippen LogP contribution in [-0.4, -0.2) is 33.5 Å². The van der Waals surface area contributed by atoms with E-state index in [-0.39, 0.29) is 17.7 Å². The summed E-state index contributed by atoms with van der Waals surface area (Å²) in [5, 5.41) is 7.15. The first-order chi connectivity index (χ1) is 12.0. The highest BCUT2D eigenvalue weighted by Crippen LogP contribution is 2.25. The lowest BCUT2D eigenvalue weighted by Gasteiger charge is -2.20. The number of furan rings is 1. The summed E-state index contributed by atoms with van der Waals surface area (Å²) in [5.41, 5.74) is 0.301. The molecule has 3 rings (SSSR count). The van der Waals surface area contributed by atoms with Crippen molar-refractivity contribution < 1.29 is 14.0 Å². The average molecular weight is 344 g/mol. The van der Waals surface area contributed by atoms with E-state index in [9.17, 15) is 9.59 Å². The van der Waals surface area contributed by atoms with Crippen LogP contribution < -0.4 is 5.32 Å². The van der Waals surface area contributed by atoms with Gasteiger partial charge in [0.2, 0.25) is 5.91 Å². The fourth-order valence-electron chi connectivity index (χ4n) is 3.19. The van der Waals surface area contributed by atoms with Gasteiger partial charge in [-0.25, -0.2) is 0 Å². The number of carbonyl (C=O) groups excluding carboxylic acids is 2. The minimum absolute atomic E-state index is 0.0191. The smallest absolute Gasteiger partial charge is 0.274 e. The molecule has 2 aromatic rings. The summed E-state index contributed by atoms with van der Waals surface area (Å²) in [6, 6.07) is 5.23. The number of carbonyl (C=O) groups is 2. The quantitative estimate of drug-likeness (QED) is 0.904. The first kappa shape index (κ1) is 17.3. The van der Waals surface area contributed by atoms with Gasteiger partial charge in [-0.15, -0.1) is 0 Å². The molecule has 1 N–H and O–H groups in total. The van der Waals surface area contributed by atoms with E-state index in [2.05, 4.69) is 10.4 Å². The molecule has 2 aromatic heterocycles. The summed E-state index contributed by atoms with van der Waals surface area (Å²) < 4.78 is 6.80. The second-order valence-corrected chi connectivity index (χ2v) is 6.60. The monoisotopic (exact) mass is 344 g/mol. The summed E-state index contributed by atoms with van der Waals surface area (Å²) in [5.74, 6) is 1.11. The predicted molar refractivity (Wildman–Crippen MR) is 92.9 cm³/mol. The second-order valence-electron chi connectivity index (χ2n) is 6.60. The van der Waals surface area contributed by atoms with Crippen molar-refractivity contribution in [2.75, 3.05) is 12.4 Å². The number of aryl methyl sites for hydroxylation is 1. The second kappa shape index (κ2) is 7.55. The van der Waals surface area contributed by atoms with Crippen LogP contribution in [0.2, 0.25) is 0 Å². The number of hydrogen-bond acceptors (Lipinski definition) is 4. The Morgan fingerprint density at radius 2 is 2.12 bits per heavy atom. The molecular weight excluding hydrogens is 320 g/mol. The molecular formula is C18H24N4O3. The maximum absolute atomic E-state index is 12.5. The Morgan fingerprint density at radius 3 is 2.80 bits per heavy atom. The molecule has 0 atom stereocenters. The largest absolute Gasteiger partial charge is 0.467 e. The molecule has 134 valence electrons. The Hall–Kier alpha value is -2.57. The third-order valence-electron chi connectivity index (χ3n) is 4.65. The van der Waals surface area contributed by atoms with Crippen molar-refractivity contribution in [3.63, 3.8) is 0 Å². The van der Waals surface area contributed by atoms with E-state index in [1.807, 2.05) is 6.07 Å². The van der Waals surface area contributed by atoms with Crippen LogP contribution in [0.15, 0.2) is 28.9 Å². The van der Waals surface area contributed by atoms with E-state index in [0.717, 1.165) is 25.7 Å². The number of anilines is 1. The Kier molecular flexibility index (Phi) is 5.21. The molecule has 1 aliphatic rings. The highest BCUT2D eigenvalue weighted by Gasteiger charge is 2.23. The zero-order valence-electron chi connectivity index (χ0n) is 14.7. The highest BCUT2D eigenvalue weighted by atomic mass is 16.3. The molecule has 25 heavy (non-hydrogen) atoms. The molecule has 1 aliphatic carbocycles. The molecule has 1 saturated carbocycles. The summed E-state index contributed by atoms with van der Waals surface area (Å²) in [4.78, 5) is 26.4. The van der Waals surface area contributed by atoms with Gasteiger partial charge < -0.3 is 14.6 Å². The van der Waals surface area contributed by atoms with Crippen LogP contribution in [0.4, 0.5) is 5.82 Å². The molecule has 2 heterocycles. The van der Waals surface area contributed by atoms with Crippen LogP contribution >= 0.6 is 0 Å². The van der Waals surface area contributed by atoms with Crippen molar-refractivity contribution >= 4 is 17.6 Å². The molecule has 1 fully saturated rings. The number of hydrogen-bond donors (Lipinski definition) is 1. The van der Waals surface area contributed by atoms with E-state index in [1.165, 1.54) is 16.0 Å². The standard InChI is InChI=1S/C18H24N4O3/c1-21(12-14-9-6-10-25-14)18(24)15-11-16(22(2)20-15)19-17(23)13-7-4-3-5-8-13/h6,9-11,13H,3-5,7-8,12H2,1-2H3,(H,19,23). The van der Waals surface area contributed by atoms with Crippen LogP contribution in [0, 0.1) is 5.92 Å². The van der Waals surface area contributed by atoms with Crippen LogP contribution in [0.1, 0.15) is 48.4 Å². The van der Waals surface area contributed by atoms with E-state index in [0.29, 0.717) is 23.8 Å². The van der Waals surface area contributed by atoms with Crippen LogP contribution in [0.25, 0.3) is 0 Å². The van der Waals surface area contributed by atoms with Crippen molar-refractivity contribution in [2.45, 2.75) is 38.6 Å². The number of aromatic nitrogens is 2. The molecule has 2 amide bonds. The van der Waals surface area contributed by atoms with Crippen LogP contribution in [-0.2, 0) is 18.4 Å². The lowest BCUT2D eigenvalue weighted by Crippen LogP contribution is -2.26. The van der Waals surface area contributed by atoms with Crippen LogP contribution in [0.5, 0.6) is 0 Å². The van der Waals surface area contributed by atoms with Crippen molar-refractivity contribution in [1.29, 1.82) is 0 Å². The summed E-state index contributed by atoms with van der Waals surface area (Å²) >= 11 is 0. The van der Waals surface area contributed by atoms with Gasteiger partial charge in [-0.05, 0) is 25.0 Å². The molecule has 0 aliphatic heterocycles. The van der Waals surface area contributed by atoms with Crippen molar-refractivity contribution in [1.82, 2.24) is 14.7 Å². The lowest BCUT2D eigenvalue weighted by molar-refractivity contribution is -0.120. The van der Waals surface area contributed by atoms with Gasteiger partial charge in [-0.3, -0.25) is 14.3 Å². The first-order valence-corrected chi connectivity index (χ1v) is 8.67. The zero-order valence-corrected chi connectivity index (χ0v) is 14.7. The SMILES string of the molecule is CN(Cc1ccco1)C(=O)c1cc(NC(=O)C2CCCCC2)n(C)n1. The van der Waals surface area contributed by atoms with Gasteiger partial charge in [0.05, 0.1) is 12.8 Å². The van der Waals surface area contributed by atoms with Gasteiger partial charge in [0.25, 0.3) is 5.91 Å². The van der Waals surface area contributed by atoms with Crippen LogP contribution in [0.3, 0.4) is 0 Å². The molecule has 0 unspecified atom stereocenters. The van der Waals surface area contributed by atoms with Crippen molar-refractivity contribution in [3.8, 4) is 0 Å². The summed E-state index contributed by atoms with van der Waals surface area (Å²) in [6.45, 7) is 0.367. The number of amides is 2. The van der Waals surface area contributed by atoms with Gasteiger partial charge in [-0.1, -0.05) is 19.3 Å². The van der Waals surface area contributed by atoms with E-state index in [1.54, 1.807) is 32.5 Å². The van der Waals surface area contributed by atoms with E-state index >= 15 is 0 Å². The number of rotatable bonds is 5. The molecule has 0 aromatic carbocycles. The van der Waals surface area contributed by atoms with Gasteiger partial charge in [0.15, 0.2) is 5.69 Å². The zero-order chi connectivity index (χ0) is 17.8. The lowest BCUT2D eigenvalue weighted by atomic mass is 9.89. The fourth-order valence-corrected chi connectivity index (χ4v) is 3.19. The Morgan fingerprint density at radius 1 is 1.36 bits per heavy atom. The van der Waals surface area contributed by atoms with Crippen molar-refractivity contribution in [3.05, 3.63) is 35.9 Å². The minimum Gasteiger partial charge on any atom is -0.467 e. The number of nitrogens with zero attached hydrogens (tertiary/aromatic N) is 3. The van der Waals surface area contributed by atoms with E-state index < -0.39 is 0 Å². The summed E-state index contributed by atoms with van der Waals surface area (Å²) in [7, 11) is 3.42. The highest BCUT2D eigenvalue weighted by molar-refractivity contribution is 5.96.